The summed E-state index contributed by atoms with van der Waals surface area (Å²) in [7, 11) is 0. The zero-order chi connectivity index (χ0) is 15.2. The monoisotopic (exact) mass is 291 g/mol. The van der Waals surface area contributed by atoms with Crippen LogP contribution in [0.1, 0.15) is 49.4 Å². The quantitative estimate of drug-likeness (QED) is 0.773. The van der Waals surface area contributed by atoms with Crippen molar-refractivity contribution < 1.29 is 0 Å². The van der Waals surface area contributed by atoms with Gasteiger partial charge in [0, 0.05) is 17.5 Å². The Hall–Kier alpha value is -1.60. The fourth-order valence-corrected chi connectivity index (χ4v) is 4.82. The minimum atomic E-state index is 0.331. The number of hydrogen-bond donors (Lipinski definition) is 0. The van der Waals surface area contributed by atoms with E-state index >= 15 is 0 Å². The number of rotatable bonds is 2. The van der Waals surface area contributed by atoms with Crippen molar-refractivity contribution in [2.24, 2.45) is 0 Å². The summed E-state index contributed by atoms with van der Waals surface area (Å²) in [6.45, 7) is 6.08. The van der Waals surface area contributed by atoms with Gasteiger partial charge < -0.3 is 0 Å². The van der Waals surface area contributed by atoms with Crippen LogP contribution in [0.3, 0.4) is 0 Å². The molecule has 2 aromatic rings. The van der Waals surface area contributed by atoms with Gasteiger partial charge in [0.2, 0.25) is 0 Å². The summed E-state index contributed by atoms with van der Waals surface area (Å²) in [5, 5.41) is 0. The predicted molar refractivity (Wildman–Crippen MR) is 92.1 cm³/mol. The number of likely N-dealkylation sites (tertiary alicyclic amines) is 1. The Kier molecular flexibility index (Phi) is 3.34. The van der Waals surface area contributed by atoms with E-state index < -0.39 is 0 Å². The van der Waals surface area contributed by atoms with Crippen LogP contribution in [0.2, 0.25) is 0 Å². The Morgan fingerprint density at radius 2 is 1.77 bits per heavy atom. The molecule has 1 nitrogen and oxygen atoms in total. The molecule has 0 unspecified atom stereocenters. The number of nitrogens with zero attached hydrogens (tertiary/aromatic N) is 1. The molecule has 1 aliphatic heterocycles. The van der Waals surface area contributed by atoms with Crippen molar-refractivity contribution in [3.63, 3.8) is 0 Å². The van der Waals surface area contributed by atoms with Gasteiger partial charge in [-0.15, -0.1) is 0 Å². The van der Waals surface area contributed by atoms with E-state index in [4.69, 9.17) is 0 Å². The highest BCUT2D eigenvalue weighted by Crippen LogP contribution is 2.48. The van der Waals surface area contributed by atoms with Gasteiger partial charge in [0.25, 0.3) is 0 Å². The van der Waals surface area contributed by atoms with Gasteiger partial charge >= 0.3 is 0 Å². The largest absolute Gasteiger partial charge is 0.293 e. The zero-order valence-electron chi connectivity index (χ0n) is 13.6. The topological polar surface area (TPSA) is 3.24 Å². The van der Waals surface area contributed by atoms with Crippen molar-refractivity contribution in [1.29, 1.82) is 0 Å². The summed E-state index contributed by atoms with van der Waals surface area (Å²) in [5.74, 6) is 0. The molecule has 22 heavy (non-hydrogen) atoms. The maximum Gasteiger partial charge on any atom is 0.0323 e. The molecule has 0 radical (unpaired) electrons. The van der Waals surface area contributed by atoms with Crippen LogP contribution < -0.4 is 0 Å². The lowest BCUT2D eigenvalue weighted by molar-refractivity contribution is 0.147. The van der Waals surface area contributed by atoms with Crippen molar-refractivity contribution in [3.8, 4) is 0 Å². The zero-order valence-corrected chi connectivity index (χ0v) is 13.6. The van der Waals surface area contributed by atoms with Gasteiger partial charge in [-0.3, -0.25) is 4.90 Å². The molecule has 3 atom stereocenters. The Morgan fingerprint density at radius 1 is 1.05 bits per heavy atom. The van der Waals surface area contributed by atoms with Crippen LogP contribution in [0.15, 0.2) is 54.6 Å². The highest BCUT2D eigenvalue weighted by atomic mass is 15.2. The van der Waals surface area contributed by atoms with E-state index in [0.29, 0.717) is 17.5 Å². The molecule has 0 aromatic heterocycles. The van der Waals surface area contributed by atoms with Crippen molar-refractivity contribution in [3.05, 3.63) is 71.3 Å². The standard InChI is InChI=1S/C21H25N/c1-16(17-8-4-3-5-9-17)22-15-14-21(2)19-11-7-6-10-18(19)12-13-20(21)22/h3-11,16,20H,12-15H2,1-2H3/t16-,20-,21-/m1/s1. The van der Waals surface area contributed by atoms with Gasteiger partial charge in [-0.1, -0.05) is 61.5 Å². The second-order valence-corrected chi connectivity index (χ2v) is 7.20. The van der Waals surface area contributed by atoms with E-state index in [1.807, 2.05) is 0 Å². The fraction of sp³-hybridized carbons (Fsp3) is 0.429. The molecule has 2 aromatic carbocycles. The second-order valence-electron chi connectivity index (χ2n) is 7.20. The lowest BCUT2D eigenvalue weighted by Crippen LogP contribution is -2.45. The first-order valence-electron chi connectivity index (χ1n) is 8.59. The van der Waals surface area contributed by atoms with Crippen molar-refractivity contribution >= 4 is 0 Å². The van der Waals surface area contributed by atoms with Gasteiger partial charge in [0.15, 0.2) is 0 Å². The van der Waals surface area contributed by atoms with Crippen molar-refractivity contribution in [1.82, 2.24) is 4.90 Å². The van der Waals surface area contributed by atoms with Crippen LogP contribution >= 0.6 is 0 Å². The second kappa shape index (κ2) is 5.24. The van der Waals surface area contributed by atoms with Crippen LogP contribution in [-0.2, 0) is 11.8 Å². The molecule has 0 spiro atoms. The van der Waals surface area contributed by atoms with E-state index in [-0.39, 0.29) is 0 Å². The molecule has 1 aliphatic carbocycles. The van der Waals surface area contributed by atoms with E-state index in [1.165, 1.54) is 31.4 Å². The smallest absolute Gasteiger partial charge is 0.0323 e. The van der Waals surface area contributed by atoms with Crippen LogP contribution in [0, 0.1) is 0 Å². The van der Waals surface area contributed by atoms with Crippen LogP contribution in [-0.4, -0.2) is 17.5 Å². The van der Waals surface area contributed by atoms with Crippen molar-refractivity contribution in [2.75, 3.05) is 6.54 Å². The molecule has 2 aliphatic rings. The van der Waals surface area contributed by atoms with Gasteiger partial charge in [0.1, 0.15) is 0 Å². The van der Waals surface area contributed by atoms with E-state index in [1.54, 1.807) is 11.1 Å². The molecule has 4 rings (SSSR count). The molecule has 1 fully saturated rings. The van der Waals surface area contributed by atoms with Crippen LogP contribution in [0.5, 0.6) is 0 Å². The highest BCUT2D eigenvalue weighted by molar-refractivity contribution is 5.40. The van der Waals surface area contributed by atoms with Gasteiger partial charge in [-0.05, 0) is 49.4 Å². The third-order valence-corrected chi connectivity index (χ3v) is 6.12. The molecule has 1 heterocycles. The first-order valence-corrected chi connectivity index (χ1v) is 8.59. The number of benzene rings is 2. The minimum Gasteiger partial charge on any atom is -0.293 e. The molecular formula is C21H25N. The average Bonchev–Trinajstić information content (AvgIpc) is 2.93. The molecule has 0 saturated carbocycles. The minimum absolute atomic E-state index is 0.331. The molecule has 0 N–H and O–H groups in total. The predicted octanol–water partition coefficient (Wildman–Crippen LogP) is 4.73. The SMILES string of the molecule is C[C@H](c1ccccc1)N1CC[C@]2(C)c3ccccc3CC[C@@H]12. The van der Waals surface area contributed by atoms with Gasteiger partial charge in [-0.2, -0.15) is 0 Å². The lowest BCUT2D eigenvalue weighted by Gasteiger charge is -2.43. The molecular weight excluding hydrogens is 266 g/mol. The average molecular weight is 291 g/mol. The third-order valence-electron chi connectivity index (χ3n) is 6.12. The Morgan fingerprint density at radius 3 is 2.59 bits per heavy atom. The lowest BCUT2D eigenvalue weighted by atomic mass is 9.68. The first-order chi connectivity index (χ1) is 10.7. The molecule has 1 heteroatoms. The molecule has 114 valence electrons. The molecule has 1 saturated heterocycles. The summed E-state index contributed by atoms with van der Waals surface area (Å²) in [4.78, 5) is 2.76. The van der Waals surface area contributed by atoms with E-state index in [2.05, 4.69) is 73.3 Å². The highest BCUT2D eigenvalue weighted by Gasteiger charge is 2.48. The Balaban J connectivity index is 1.68. The van der Waals surface area contributed by atoms with Gasteiger partial charge in [-0.25, -0.2) is 0 Å². The first kappa shape index (κ1) is 14.0. The maximum atomic E-state index is 2.76. The number of aryl methyl sites for hydroxylation is 1. The maximum absolute atomic E-state index is 2.76. The fourth-order valence-electron chi connectivity index (χ4n) is 4.82. The van der Waals surface area contributed by atoms with Crippen LogP contribution in [0.25, 0.3) is 0 Å². The number of fused-ring (bicyclic) bond motifs is 3. The van der Waals surface area contributed by atoms with Crippen LogP contribution in [0.4, 0.5) is 0 Å². The summed E-state index contributed by atoms with van der Waals surface area (Å²) in [5.41, 5.74) is 4.97. The normalized spacial score (nSPS) is 28.9. The third kappa shape index (κ3) is 2.03. The van der Waals surface area contributed by atoms with E-state index in [9.17, 15) is 0 Å². The van der Waals surface area contributed by atoms with Gasteiger partial charge in [0.05, 0.1) is 0 Å². The Labute approximate surface area is 134 Å². The Bertz CT molecular complexity index is 663. The summed E-state index contributed by atoms with van der Waals surface area (Å²) >= 11 is 0. The summed E-state index contributed by atoms with van der Waals surface area (Å²) in [6.07, 6.45) is 3.81. The molecule has 0 amide bonds. The van der Waals surface area contributed by atoms with E-state index in [0.717, 1.165) is 0 Å². The number of hydrogen-bond acceptors (Lipinski definition) is 1. The molecule has 0 bridgehead atoms. The summed E-state index contributed by atoms with van der Waals surface area (Å²) < 4.78 is 0. The van der Waals surface area contributed by atoms with Crippen molar-refractivity contribution in [2.45, 2.75) is 50.6 Å². The summed E-state index contributed by atoms with van der Waals surface area (Å²) in [6, 6.07) is 21.3.